The number of halogens is 1. The molecule has 0 saturated carbocycles. The van der Waals surface area contributed by atoms with Gasteiger partial charge in [-0.05, 0) is 5.56 Å². The predicted octanol–water partition coefficient (Wildman–Crippen LogP) is 2.04. The van der Waals surface area contributed by atoms with E-state index in [1.807, 2.05) is 30.3 Å². The Bertz CT molecular complexity index is 679. The summed E-state index contributed by atoms with van der Waals surface area (Å²) in [6.45, 7) is 0.395. The van der Waals surface area contributed by atoms with Gasteiger partial charge in [-0.2, -0.15) is 4.98 Å². The van der Waals surface area contributed by atoms with Gasteiger partial charge in [0.1, 0.15) is 6.54 Å². The molecule has 2 heterocycles. The van der Waals surface area contributed by atoms with Crippen LogP contribution in [-0.2, 0) is 18.8 Å². The SMILES string of the molecule is ClCc1cn(Cc2nc(Cc3ccccc3)no2)nn1. The Morgan fingerprint density at radius 2 is 2.05 bits per heavy atom. The Labute approximate surface area is 120 Å². The maximum Gasteiger partial charge on any atom is 0.248 e. The predicted molar refractivity (Wildman–Crippen MR) is 72.2 cm³/mol. The van der Waals surface area contributed by atoms with E-state index in [-0.39, 0.29) is 0 Å². The second-order valence-electron chi connectivity index (χ2n) is 4.31. The second kappa shape index (κ2) is 5.83. The molecule has 3 aromatic rings. The molecule has 0 spiro atoms. The van der Waals surface area contributed by atoms with Crippen molar-refractivity contribution >= 4 is 11.6 Å². The number of aromatic nitrogens is 5. The molecule has 6 nitrogen and oxygen atoms in total. The van der Waals surface area contributed by atoms with Gasteiger partial charge in [-0.25, -0.2) is 4.68 Å². The van der Waals surface area contributed by atoms with E-state index in [0.29, 0.717) is 30.6 Å². The van der Waals surface area contributed by atoms with Crippen molar-refractivity contribution < 1.29 is 4.52 Å². The molecular weight excluding hydrogens is 278 g/mol. The Morgan fingerprint density at radius 1 is 1.20 bits per heavy atom. The van der Waals surface area contributed by atoms with Crippen LogP contribution in [0.15, 0.2) is 41.1 Å². The highest BCUT2D eigenvalue weighted by Crippen LogP contribution is 2.07. The Balaban J connectivity index is 1.67. The summed E-state index contributed by atoms with van der Waals surface area (Å²) in [5.41, 5.74) is 1.86. The molecular formula is C13H12ClN5O. The molecule has 102 valence electrons. The summed E-state index contributed by atoms with van der Waals surface area (Å²) in [5, 5.41) is 11.8. The van der Waals surface area contributed by atoms with Crippen molar-refractivity contribution in [1.82, 2.24) is 25.1 Å². The standard InChI is InChI=1S/C13H12ClN5O/c14-7-11-8-19(18-16-11)9-13-15-12(17-20-13)6-10-4-2-1-3-5-10/h1-5,8H,6-7,9H2. The van der Waals surface area contributed by atoms with Crippen molar-refractivity contribution in [3.63, 3.8) is 0 Å². The number of alkyl halides is 1. The maximum absolute atomic E-state index is 5.67. The molecule has 0 saturated heterocycles. The van der Waals surface area contributed by atoms with Gasteiger partial charge in [-0.3, -0.25) is 0 Å². The van der Waals surface area contributed by atoms with Gasteiger partial charge in [0.05, 0.1) is 17.8 Å². The Morgan fingerprint density at radius 3 is 2.80 bits per heavy atom. The average Bonchev–Trinajstić information content (AvgIpc) is 3.10. The van der Waals surface area contributed by atoms with Crippen LogP contribution in [0.4, 0.5) is 0 Å². The third-order valence-electron chi connectivity index (χ3n) is 2.74. The van der Waals surface area contributed by atoms with Crippen LogP contribution in [0.2, 0.25) is 0 Å². The summed E-state index contributed by atoms with van der Waals surface area (Å²) in [4.78, 5) is 4.34. The first kappa shape index (κ1) is 12.8. The minimum Gasteiger partial charge on any atom is -0.337 e. The average molecular weight is 290 g/mol. The molecule has 0 unspecified atom stereocenters. The lowest BCUT2D eigenvalue weighted by atomic mass is 10.1. The van der Waals surface area contributed by atoms with Gasteiger partial charge >= 0.3 is 0 Å². The Kier molecular flexibility index (Phi) is 3.73. The maximum atomic E-state index is 5.67. The lowest BCUT2D eigenvalue weighted by molar-refractivity contribution is 0.360. The van der Waals surface area contributed by atoms with Crippen LogP contribution in [-0.4, -0.2) is 25.1 Å². The number of rotatable bonds is 5. The van der Waals surface area contributed by atoms with Crippen molar-refractivity contribution in [3.05, 3.63) is 59.5 Å². The third kappa shape index (κ3) is 3.03. The molecule has 0 bridgehead atoms. The molecule has 0 fully saturated rings. The fraction of sp³-hybridized carbons (Fsp3) is 0.231. The van der Waals surface area contributed by atoms with Crippen LogP contribution in [0.5, 0.6) is 0 Å². The molecule has 0 N–H and O–H groups in total. The van der Waals surface area contributed by atoms with E-state index < -0.39 is 0 Å². The molecule has 20 heavy (non-hydrogen) atoms. The molecule has 0 aliphatic carbocycles. The van der Waals surface area contributed by atoms with E-state index in [1.54, 1.807) is 10.9 Å². The Hall–Kier alpha value is -2.21. The van der Waals surface area contributed by atoms with Crippen LogP contribution in [0.1, 0.15) is 23.0 Å². The van der Waals surface area contributed by atoms with Gasteiger partial charge in [0.25, 0.3) is 0 Å². The number of nitrogens with zero attached hydrogens (tertiary/aromatic N) is 5. The van der Waals surface area contributed by atoms with Crippen molar-refractivity contribution in [1.29, 1.82) is 0 Å². The molecule has 0 atom stereocenters. The molecule has 0 radical (unpaired) electrons. The van der Waals surface area contributed by atoms with Crippen LogP contribution in [0, 0.1) is 0 Å². The lowest BCUT2D eigenvalue weighted by Crippen LogP contribution is -2.01. The van der Waals surface area contributed by atoms with E-state index in [9.17, 15) is 0 Å². The topological polar surface area (TPSA) is 69.6 Å². The van der Waals surface area contributed by atoms with Crippen molar-refractivity contribution in [3.8, 4) is 0 Å². The first-order valence-electron chi connectivity index (χ1n) is 6.14. The molecule has 0 aliphatic rings. The van der Waals surface area contributed by atoms with Crippen LogP contribution in [0.25, 0.3) is 0 Å². The quantitative estimate of drug-likeness (QED) is 0.672. The number of benzene rings is 1. The fourth-order valence-electron chi connectivity index (χ4n) is 1.82. The summed E-state index contributed by atoms with van der Waals surface area (Å²) < 4.78 is 6.82. The summed E-state index contributed by atoms with van der Waals surface area (Å²) in [7, 11) is 0. The number of hydrogen-bond acceptors (Lipinski definition) is 5. The molecule has 0 aliphatic heterocycles. The second-order valence-corrected chi connectivity index (χ2v) is 4.58. The monoisotopic (exact) mass is 289 g/mol. The van der Waals surface area contributed by atoms with E-state index >= 15 is 0 Å². The highest BCUT2D eigenvalue weighted by molar-refractivity contribution is 6.16. The summed E-state index contributed by atoms with van der Waals surface area (Å²) in [5.74, 6) is 1.49. The zero-order chi connectivity index (χ0) is 13.8. The van der Waals surface area contributed by atoms with Gasteiger partial charge in [0.15, 0.2) is 5.82 Å². The van der Waals surface area contributed by atoms with E-state index in [1.165, 1.54) is 0 Å². The van der Waals surface area contributed by atoms with Gasteiger partial charge in [0, 0.05) is 6.42 Å². The molecule has 7 heteroatoms. The van der Waals surface area contributed by atoms with Gasteiger partial charge in [0.2, 0.25) is 5.89 Å². The van der Waals surface area contributed by atoms with Crippen molar-refractivity contribution in [2.24, 2.45) is 0 Å². The van der Waals surface area contributed by atoms with Crippen LogP contribution >= 0.6 is 11.6 Å². The lowest BCUT2D eigenvalue weighted by Gasteiger charge is -1.94. The van der Waals surface area contributed by atoms with E-state index in [0.717, 1.165) is 11.3 Å². The molecule has 3 rings (SSSR count). The molecule has 0 amide bonds. The van der Waals surface area contributed by atoms with E-state index in [2.05, 4.69) is 20.5 Å². The van der Waals surface area contributed by atoms with Gasteiger partial charge < -0.3 is 4.52 Å². The van der Waals surface area contributed by atoms with Gasteiger partial charge in [-0.1, -0.05) is 40.7 Å². The minimum absolute atomic E-state index is 0.336. The first-order valence-corrected chi connectivity index (χ1v) is 6.67. The first-order chi connectivity index (χ1) is 9.83. The third-order valence-corrected chi connectivity index (χ3v) is 3.01. The van der Waals surface area contributed by atoms with Crippen LogP contribution < -0.4 is 0 Å². The fourth-order valence-corrected chi connectivity index (χ4v) is 1.94. The van der Waals surface area contributed by atoms with Gasteiger partial charge in [-0.15, -0.1) is 16.7 Å². The van der Waals surface area contributed by atoms with Crippen LogP contribution in [0.3, 0.4) is 0 Å². The zero-order valence-corrected chi connectivity index (χ0v) is 11.4. The summed E-state index contributed by atoms with van der Waals surface area (Å²) >= 11 is 5.67. The van der Waals surface area contributed by atoms with Crippen molar-refractivity contribution in [2.45, 2.75) is 18.8 Å². The molecule has 1 aromatic carbocycles. The number of hydrogen-bond donors (Lipinski definition) is 0. The molecule has 2 aromatic heterocycles. The zero-order valence-electron chi connectivity index (χ0n) is 10.6. The summed E-state index contributed by atoms with van der Waals surface area (Å²) in [6.07, 6.45) is 2.41. The highest BCUT2D eigenvalue weighted by atomic mass is 35.5. The minimum atomic E-state index is 0.336. The smallest absolute Gasteiger partial charge is 0.248 e. The largest absolute Gasteiger partial charge is 0.337 e. The normalized spacial score (nSPS) is 10.8. The highest BCUT2D eigenvalue weighted by Gasteiger charge is 2.09. The van der Waals surface area contributed by atoms with E-state index in [4.69, 9.17) is 16.1 Å². The summed E-state index contributed by atoms with van der Waals surface area (Å²) in [6, 6.07) is 10.0. The van der Waals surface area contributed by atoms with Crippen molar-refractivity contribution in [2.75, 3.05) is 0 Å².